The summed E-state index contributed by atoms with van der Waals surface area (Å²) < 4.78 is 5.17. The molecule has 0 aliphatic rings. The molecule has 1 aromatic heterocycles. The first kappa shape index (κ1) is 11.5. The maximum atomic E-state index is 5.62. The molecule has 0 saturated heterocycles. The van der Waals surface area contributed by atoms with Crippen LogP contribution in [0.4, 0.5) is 0 Å². The fourth-order valence-corrected chi connectivity index (χ4v) is 1.65. The van der Waals surface area contributed by atoms with Crippen LogP contribution < -0.4 is 5.32 Å². The van der Waals surface area contributed by atoms with Crippen molar-refractivity contribution in [3.8, 4) is 12.3 Å². The van der Waals surface area contributed by atoms with Crippen molar-refractivity contribution in [2.24, 2.45) is 0 Å². The summed E-state index contributed by atoms with van der Waals surface area (Å²) in [6.45, 7) is 1.63. The van der Waals surface area contributed by atoms with Gasteiger partial charge < -0.3 is 9.73 Å². The van der Waals surface area contributed by atoms with E-state index in [0.29, 0.717) is 11.8 Å². The molecule has 0 aromatic carbocycles. The predicted octanol–water partition coefficient (Wildman–Crippen LogP) is 2.39. The van der Waals surface area contributed by atoms with Gasteiger partial charge in [-0.2, -0.15) is 0 Å². The Hall–Kier alpha value is -0.560. The number of hydrogen-bond acceptors (Lipinski definition) is 3. The fraction of sp³-hybridized carbons (Fsp3) is 0.400. The Morgan fingerprint density at radius 2 is 2.43 bits per heavy atom. The van der Waals surface area contributed by atoms with Crippen molar-refractivity contribution in [2.75, 3.05) is 18.1 Å². The predicted molar refractivity (Wildman–Crippen MR) is 61.6 cm³/mol. The van der Waals surface area contributed by atoms with Gasteiger partial charge in [-0.25, -0.2) is 0 Å². The van der Waals surface area contributed by atoms with Gasteiger partial charge in [-0.1, -0.05) is 5.92 Å². The second-order valence-corrected chi connectivity index (χ2v) is 4.12. The largest absolute Gasteiger partial charge is 0.448 e. The Morgan fingerprint density at radius 1 is 1.57 bits per heavy atom. The molecule has 0 amide bonds. The normalized spacial score (nSPS) is 10.0. The lowest BCUT2D eigenvalue weighted by molar-refractivity contribution is 0.490. The highest BCUT2D eigenvalue weighted by atomic mass is 35.5. The van der Waals surface area contributed by atoms with E-state index in [1.165, 1.54) is 0 Å². The highest BCUT2D eigenvalue weighted by Crippen LogP contribution is 2.12. The summed E-state index contributed by atoms with van der Waals surface area (Å²) in [7, 11) is 0. The molecule has 0 aliphatic heterocycles. The lowest BCUT2D eigenvalue weighted by atomic mass is 10.4. The smallest absolute Gasteiger partial charge is 0.193 e. The van der Waals surface area contributed by atoms with Crippen LogP contribution in [0.3, 0.4) is 0 Å². The quantitative estimate of drug-likeness (QED) is 0.599. The van der Waals surface area contributed by atoms with Crippen LogP contribution >= 0.6 is 23.4 Å². The van der Waals surface area contributed by atoms with Gasteiger partial charge in [0.15, 0.2) is 5.22 Å². The highest BCUT2D eigenvalue weighted by Gasteiger charge is 1.97. The third-order valence-corrected chi connectivity index (χ3v) is 2.60. The molecule has 0 bridgehead atoms. The molecule has 1 heterocycles. The van der Waals surface area contributed by atoms with E-state index in [2.05, 4.69) is 11.2 Å². The maximum absolute atomic E-state index is 5.62. The molecule has 0 saturated carbocycles. The van der Waals surface area contributed by atoms with E-state index >= 15 is 0 Å². The fourth-order valence-electron chi connectivity index (χ4n) is 0.934. The Bertz CT molecular complexity index is 305. The van der Waals surface area contributed by atoms with E-state index in [-0.39, 0.29) is 0 Å². The molecule has 76 valence electrons. The summed E-state index contributed by atoms with van der Waals surface area (Å²) in [6, 6.07) is 3.61. The van der Waals surface area contributed by atoms with Crippen molar-refractivity contribution in [1.29, 1.82) is 0 Å². The summed E-state index contributed by atoms with van der Waals surface area (Å²) in [6.07, 6.45) is 5.12. The van der Waals surface area contributed by atoms with Crippen molar-refractivity contribution < 1.29 is 4.42 Å². The van der Waals surface area contributed by atoms with Crippen LogP contribution in [-0.2, 0) is 6.54 Å². The van der Waals surface area contributed by atoms with Crippen molar-refractivity contribution in [2.45, 2.75) is 6.54 Å². The summed E-state index contributed by atoms with van der Waals surface area (Å²) in [5, 5.41) is 3.67. The lowest BCUT2D eigenvalue weighted by Crippen LogP contribution is -2.16. The van der Waals surface area contributed by atoms with Gasteiger partial charge in [0, 0.05) is 12.3 Å². The summed E-state index contributed by atoms with van der Waals surface area (Å²) in [5.74, 6) is 5.22. The van der Waals surface area contributed by atoms with Crippen LogP contribution in [-0.4, -0.2) is 18.1 Å². The first-order valence-corrected chi connectivity index (χ1v) is 5.82. The first-order chi connectivity index (χ1) is 6.83. The summed E-state index contributed by atoms with van der Waals surface area (Å²) in [5.41, 5.74) is 0. The Kier molecular flexibility index (Phi) is 5.62. The number of terminal acetylenes is 1. The molecule has 1 aromatic rings. The Morgan fingerprint density at radius 3 is 3.07 bits per heavy atom. The second-order valence-electron chi connectivity index (χ2n) is 2.64. The molecule has 0 unspecified atom stereocenters. The van der Waals surface area contributed by atoms with E-state index in [4.69, 9.17) is 22.4 Å². The minimum absolute atomic E-state index is 0.434. The Balaban J connectivity index is 2.02. The summed E-state index contributed by atoms with van der Waals surface area (Å²) in [4.78, 5) is 0. The van der Waals surface area contributed by atoms with Crippen LogP contribution in [0.1, 0.15) is 5.76 Å². The zero-order chi connectivity index (χ0) is 10.2. The highest BCUT2D eigenvalue weighted by molar-refractivity contribution is 7.99. The number of nitrogens with one attached hydrogen (secondary N) is 1. The van der Waals surface area contributed by atoms with Crippen LogP contribution in [0.5, 0.6) is 0 Å². The number of hydrogen-bond donors (Lipinski definition) is 1. The number of furan rings is 1. The monoisotopic (exact) mass is 229 g/mol. The van der Waals surface area contributed by atoms with Crippen molar-refractivity contribution >= 4 is 23.4 Å². The molecule has 1 N–H and O–H groups in total. The maximum Gasteiger partial charge on any atom is 0.193 e. The minimum atomic E-state index is 0.434. The molecule has 0 aliphatic carbocycles. The molecular formula is C10H12ClNOS. The van der Waals surface area contributed by atoms with E-state index in [1.54, 1.807) is 17.8 Å². The van der Waals surface area contributed by atoms with E-state index in [9.17, 15) is 0 Å². The third-order valence-electron chi connectivity index (χ3n) is 1.54. The lowest BCUT2D eigenvalue weighted by Gasteiger charge is -2.00. The van der Waals surface area contributed by atoms with Crippen molar-refractivity contribution in [3.05, 3.63) is 23.1 Å². The first-order valence-electron chi connectivity index (χ1n) is 4.29. The van der Waals surface area contributed by atoms with E-state index in [1.807, 2.05) is 6.07 Å². The minimum Gasteiger partial charge on any atom is -0.448 e. The van der Waals surface area contributed by atoms with Crippen LogP contribution in [0.25, 0.3) is 0 Å². The van der Waals surface area contributed by atoms with Gasteiger partial charge in [-0.05, 0) is 23.7 Å². The molecule has 0 atom stereocenters. The molecule has 0 radical (unpaired) electrons. The molecule has 4 heteroatoms. The van der Waals surface area contributed by atoms with Gasteiger partial charge in [-0.3, -0.25) is 0 Å². The standard InChI is InChI=1S/C10H12ClNOS/c1-2-6-14-7-5-12-8-9-3-4-10(11)13-9/h1,3-4,12H,5-8H2. The number of halogens is 1. The molecular weight excluding hydrogens is 218 g/mol. The zero-order valence-corrected chi connectivity index (χ0v) is 9.33. The average molecular weight is 230 g/mol. The number of thioether (sulfide) groups is 1. The SMILES string of the molecule is C#CCSCCNCc1ccc(Cl)o1. The second kappa shape index (κ2) is 6.83. The van der Waals surface area contributed by atoms with Gasteiger partial charge in [0.25, 0.3) is 0 Å². The third kappa shape index (κ3) is 4.61. The zero-order valence-electron chi connectivity index (χ0n) is 7.75. The van der Waals surface area contributed by atoms with Crippen molar-refractivity contribution in [3.63, 3.8) is 0 Å². The van der Waals surface area contributed by atoms with Gasteiger partial charge in [0.1, 0.15) is 5.76 Å². The van der Waals surface area contributed by atoms with Gasteiger partial charge in [-0.15, -0.1) is 18.2 Å². The average Bonchev–Trinajstić information content (AvgIpc) is 2.58. The van der Waals surface area contributed by atoms with Crippen LogP contribution in [0.15, 0.2) is 16.5 Å². The van der Waals surface area contributed by atoms with E-state index < -0.39 is 0 Å². The van der Waals surface area contributed by atoms with Gasteiger partial charge in [0.05, 0.1) is 12.3 Å². The van der Waals surface area contributed by atoms with Crippen LogP contribution in [0, 0.1) is 12.3 Å². The summed E-state index contributed by atoms with van der Waals surface area (Å²) >= 11 is 7.36. The van der Waals surface area contributed by atoms with Gasteiger partial charge in [0.2, 0.25) is 0 Å². The topological polar surface area (TPSA) is 25.2 Å². The molecule has 2 nitrogen and oxygen atoms in total. The Labute approximate surface area is 93.4 Å². The van der Waals surface area contributed by atoms with Gasteiger partial charge >= 0.3 is 0 Å². The number of rotatable bonds is 6. The van der Waals surface area contributed by atoms with Crippen molar-refractivity contribution in [1.82, 2.24) is 5.32 Å². The molecule has 0 fully saturated rings. The van der Waals surface area contributed by atoms with Crippen LogP contribution in [0.2, 0.25) is 5.22 Å². The van der Waals surface area contributed by atoms with E-state index in [0.717, 1.165) is 23.8 Å². The molecule has 14 heavy (non-hydrogen) atoms. The molecule has 1 rings (SSSR count). The molecule has 0 spiro atoms.